The van der Waals surface area contributed by atoms with Gasteiger partial charge in [0, 0.05) is 5.56 Å². The van der Waals surface area contributed by atoms with Gasteiger partial charge in [-0.15, -0.1) is 5.10 Å². The smallest absolute Gasteiger partial charge is 0.322 e. The van der Waals surface area contributed by atoms with E-state index in [1.54, 1.807) is 19.1 Å². The molecule has 0 spiro atoms. The zero-order valence-electron chi connectivity index (χ0n) is 15.1. The maximum Gasteiger partial charge on any atom is 0.322 e. The summed E-state index contributed by atoms with van der Waals surface area (Å²) in [7, 11) is 0. The number of hydrogen-bond acceptors (Lipinski definition) is 5. The summed E-state index contributed by atoms with van der Waals surface area (Å²) in [5.74, 6) is 0.676. The van der Waals surface area contributed by atoms with Gasteiger partial charge in [0.05, 0.1) is 0 Å². The fourth-order valence-corrected chi connectivity index (χ4v) is 3.22. The fourth-order valence-electron chi connectivity index (χ4n) is 3.22. The number of nitrogens with zero attached hydrogens (tertiary/aromatic N) is 2. The van der Waals surface area contributed by atoms with Crippen LogP contribution in [0.4, 0.5) is 6.01 Å². The van der Waals surface area contributed by atoms with Crippen LogP contribution in [-0.2, 0) is 17.6 Å². The second kappa shape index (κ2) is 7.61. The molecule has 0 aliphatic heterocycles. The van der Waals surface area contributed by atoms with Crippen molar-refractivity contribution in [1.82, 2.24) is 10.2 Å². The Morgan fingerprint density at radius 3 is 2.67 bits per heavy atom. The van der Waals surface area contributed by atoms with E-state index in [1.807, 2.05) is 24.3 Å². The number of hydrogen-bond donors (Lipinski definition) is 1. The molecule has 0 fully saturated rings. The summed E-state index contributed by atoms with van der Waals surface area (Å²) in [5, 5.41) is 10.6. The number of nitrogens with one attached hydrogen (secondary N) is 1. The molecule has 0 saturated heterocycles. The van der Waals surface area contributed by atoms with Crippen LogP contribution >= 0.6 is 0 Å². The van der Waals surface area contributed by atoms with Crippen molar-refractivity contribution in [3.8, 4) is 17.2 Å². The summed E-state index contributed by atoms with van der Waals surface area (Å²) >= 11 is 0. The molecule has 6 nitrogen and oxygen atoms in total. The van der Waals surface area contributed by atoms with Gasteiger partial charge in [-0.25, -0.2) is 0 Å². The molecule has 1 aliphatic rings. The predicted molar refractivity (Wildman–Crippen MR) is 102 cm³/mol. The monoisotopic (exact) mass is 363 g/mol. The number of benzene rings is 2. The predicted octanol–water partition coefficient (Wildman–Crippen LogP) is 4.02. The Morgan fingerprint density at radius 1 is 1.07 bits per heavy atom. The number of aryl methyl sites for hydroxylation is 2. The number of ether oxygens (including phenoxy) is 1. The molecule has 1 unspecified atom stereocenters. The number of aromatic nitrogens is 2. The van der Waals surface area contributed by atoms with Crippen molar-refractivity contribution in [2.24, 2.45) is 0 Å². The zero-order chi connectivity index (χ0) is 18.6. The molecule has 0 radical (unpaired) electrons. The lowest BCUT2D eigenvalue weighted by Gasteiger charge is -2.15. The highest BCUT2D eigenvalue weighted by Gasteiger charge is 2.19. The van der Waals surface area contributed by atoms with E-state index in [9.17, 15) is 4.79 Å². The van der Waals surface area contributed by atoms with Gasteiger partial charge in [-0.2, -0.15) is 0 Å². The maximum atomic E-state index is 12.3. The van der Waals surface area contributed by atoms with E-state index < -0.39 is 6.10 Å². The molecule has 1 heterocycles. The molecule has 27 heavy (non-hydrogen) atoms. The lowest BCUT2D eigenvalue weighted by Crippen LogP contribution is -2.30. The van der Waals surface area contributed by atoms with Crippen LogP contribution in [0.2, 0.25) is 0 Å². The van der Waals surface area contributed by atoms with Gasteiger partial charge in [0.2, 0.25) is 5.89 Å². The minimum atomic E-state index is -0.688. The van der Waals surface area contributed by atoms with Crippen LogP contribution in [0.25, 0.3) is 11.5 Å². The lowest BCUT2D eigenvalue weighted by atomic mass is 9.90. The second-order valence-corrected chi connectivity index (χ2v) is 6.67. The van der Waals surface area contributed by atoms with Gasteiger partial charge in [-0.05, 0) is 68.0 Å². The first kappa shape index (κ1) is 17.3. The van der Waals surface area contributed by atoms with Crippen LogP contribution in [0.1, 0.15) is 30.9 Å². The summed E-state index contributed by atoms with van der Waals surface area (Å²) in [6.45, 7) is 1.67. The van der Waals surface area contributed by atoms with E-state index in [1.165, 1.54) is 24.0 Å². The van der Waals surface area contributed by atoms with E-state index in [0.717, 1.165) is 18.4 Å². The summed E-state index contributed by atoms with van der Waals surface area (Å²) in [4.78, 5) is 12.3. The molecule has 0 bridgehead atoms. The third-order valence-corrected chi connectivity index (χ3v) is 4.68. The molecule has 1 atom stereocenters. The molecule has 1 N–H and O–H groups in total. The number of amides is 1. The van der Waals surface area contributed by atoms with Crippen molar-refractivity contribution in [1.29, 1.82) is 0 Å². The Balaban J connectivity index is 1.42. The zero-order valence-corrected chi connectivity index (χ0v) is 15.1. The number of anilines is 1. The average molecular weight is 363 g/mol. The summed E-state index contributed by atoms with van der Waals surface area (Å²) in [5.41, 5.74) is 3.61. The van der Waals surface area contributed by atoms with Gasteiger partial charge in [0.25, 0.3) is 5.91 Å². The van der Waals surface area contributed by atoms with Crippen LogP contribution in [0, 0.1) is 0 Å². The van der Waals surface area contributed by atoms with Crippen molar-refractivity contribution in [3.63, 3.8) is 0 Å². The largest absolute Gasteiger partial charge is 0.481 e. The molecule has 1 amide bonds. The van der Waals surface area contributed by atoms with Crippen LogP contribution in [-0.4, -0.2) is 22.2 Å². The van der Waals surface area contributed by atoms with E-state index in [4.69, 9.17) is 9.15 Å². The summed E-state index contributed by atoms with van der Waals surface area (Å²) in [6, 6.07) is 15.5. The fraction of sp³-hybridized carbons (Fsp3) is 0.286. The molecular formula is C21H21N3O3. The van der Waals surface area contributed by atoms with E-state index >= 15 is 0 Å². The van der Waals surface area contributed by atoms with Crippen LogP contribution in [0.5, 0.6) is 5.75 Å². The topological polar surface area (TPSA) is 77.2 Å². The average Bonchev–Trinajstić information content (AvgIpc) is 3.17. The third-order valence-electron chi connectivity index (χ3n) is 4.68. The first-order valence-corrected chi connectivity index (χ1v) is 9.17. The molecule has 2 aromatic carbocycles. The Bertz CT molecular complexity index is 937. The Hall–Kier alpha value is -3.15. The first-order valence-electron chi connectivity index (χ1n) is 9.17. The minimum Gasteiger partial charge on any atom is -0.481 e. The molecule has 138 valence electrons. The molecule has 0 saturated carbocycles. The Labute approximate surface area is 157 Å². The number of fused-ring (bicyclic) bond motifs is 1. The SMILES string of the molecule is CC(Oc1ccccc1)C(=O)Nc1nnc(-c2ccc3c(c2)CCCC3)o1. The molecule has 3 aromatic rings. The molecular weight excluding hydrogens is 342 g/mol. The second-order valence-electron chi connectivity index (χ2n) is 6.67. The van der Waals surface area contributed by atoms with E-state index in [-0.39, 0.29) is 11.9 Å². The van der Waals surface area contributed by atoms with Crippen molar-refractivity contribution in [2.75, 3.05) is 5.32 Å². The van der Waals surface area contributed by atoms with Gasteiger partial charge in [-0.3, -0.25) is 10.1 Å². The standard InChI is InChI=1S/C21H21N3O3/c1-14(26-18-9-3-2-4-10-18)19(25)22-21-24-23-20(27-21)17-12-11-15-7-5-6-8-16(15)13-17/h2-4,9-14H,5-8H2,1H3,(H,22,24,25). The maximum absolute atomic E-state index is 12.3. The van der Waals surface area contributed by atoms with Crippen LogP contribution in [0.15, 0.2) is 52.9 Å². The highest BCUT2D eigenvalue weighted by Crippen LogP contribution is 2.27. The highest BCUT2D eigenvalue weighted by atomic mass is 16.5. The number of carbonyl (C=O) groups is 1. The van der Waals surface area contributed by atoms with Gasteiger partial charge in [0.15, 0.2) is 6.10 Å². The molecule has 1 aliphatic carbocycles. The van der Waals surface area contributed by atoms with Gasteiger partial charge in [0.1, 0.15) is 5.75 Å². The minimum absolute atomic E-state index is 0.0660. The normalized spacial score (nSPS) is 14.3. The van der Waals surface area contributed by atoms with E-state index in [2.05, 4.69) is 27.6 Å². The summed E-state index contributed by atoms with van der Waals surface area (Å²) < 4.78 is 11.2. The number of carbonyl (C=O) groups excluding carboxylic acids is 1. The highest BCUT2D eigenvalue weighted by molar-refractivity contribution is 5.92. The van der Waals surface area contributed by atoms with Gasteiger partial charge >= 0.3 is 6.01 Å². The first-order chi connectivity index (χ1) is 13.2. The quantitative estimate of drug-likeness (QED) is 0.741. The van der Waals surface area contributed by atoms with Crippen molar-refractivity contribution >= 4 is 11.9 Å². The number of rotatable bonds is 5. The molecule has 4 rings (SSSR count). The van der Waals surface area contributed by atoms with Crippen molar-refractivity contribution in [2.45, 2.75) is 38.7 Å². The van der Waals surface area contributed by atoms with Crippen molar-refractivity contribution < 1.29 is 13.9 Å². The van der Waals surface area contributed by atoms with Crippen LogP contribution in [0.3, 0.4) is 0 Å². The van der Waals surface area contributed by atoms with Gasteiger partial charge in [-0.1, -0.05) is 29.4 Å². The Kier molecular flexibility index (Phi) is 4.87. The summed E-state index contributed by atoms with van der Waals surface area (Å²) in [6.07, 6.45) is 3.97. The van der Waals surface area contributed by atoms with Crippen molar-refractivity contribution in [3.05, 3.63) is 59.7 Å². The van der Waals surface area contributed by atoms with Gasteiger partial charge < -0.3 is 9.15 Å². The molecule has 1 aromatic heterocycles. The van der Waals surface area contributed by atoms with E-state index in [0.29, 0.717) is 11.6 Å². The Morgan fingerprint density at radius 2 is 1.85 bits per heavy atom. The molecule has 6 heteroatoms. The lowest BCUT2D eigenvalue weighted by molar-refractivity contribution is -0.122. The van der Waals surface area contributed by atoms with Crippen LogP contribution < -0.4 is 10.1 Å². The number of para-hydroxylation sites is 1. The third kappa shape index (κ3) is 4.00.